The van der Waals surface area contributed by atoms with Crippen molar-refractivity contribution in [2.45, 2.75) is 55.4 Å². The fourth-order valence-electron chi connectivity index (χ4n) is 4.24. The first-order valence-electron chi connectivity index (χ1n) is 11.7. The fourth-order valence-corrected chi connectivity index (χ4v) is 5.52. The van der Waals surface area contributed by atoms with E-state index in [-0.39, 0.29) is 21.7 Å². The van der Waals surface area contributed by atoms with Gasteiger partial charge < -0.3 is 14.4 Å². The van der Waals surface area contributed by atoms with Gasteiger partial charge in [0.2, 0.25) is 9.84 Å². The van der Waals surface area contributed by atoms with Crippen molar-refractivity contribution in [3.05, 3.63) is 54.7 Å². The summed E-state index contributed by atoms with van der Waals surface area (Å²) in [4.78, 5) is 18.5. The minimum Gasteiger partial charge on any atom is -0.460 e. The number of carbonyl (C=O) groups is 1. The Morgan fingerprint density at radius 2 is 1.68 bits per heavy atom. The van der Waals surface area contributed by atoms with Crippen LogP contribution in [0.25, 0.3) is 10.9 Å². The Morgan fingerprint density at radius 3 is 2.32 bits per heavy atom. The van der Waals surface area contributed by atoms with Gasteiger partial charge in [-0.1, -0.05) is 18.2 Å². The van der Waals surface area contributed by atoms with Crippen LogP contribution in [0.5, 0.6) is 5.75 Å². The molecule has 37 heavy (non-hydrogen) atoms. The number of pyridine rings is 1. The zero-order chi connectivity index (χ0) is 27.0. The first kappa shape index (κ1) is 26.7. The maximum Gasteiger partial charge on any atom is 0.573 e. The van der Waals surface area contributed by atoms with E-state index < -0.39 is 27.6 Å². The quantitative estimate of drug-likeness (QED) is 0.397. The zero-order valence-corrected chi connectivity index (χ0v) is 21.4. The van der Waals surface area contributed by atoms with Crippen molar-refractivity contribution in [2.24, 2.45) is 5.92 Å². The summed E-state index contributed by atoms with van der Waals surface area (Å²) in [5.41, 5.74) is 0.856. The highest BCUT2D eigenvalue weighted by Crippen LogP contribution is 2.33. The van der Waals surface area contributed by atoms with Crippen LogP contribution in [0.15, 0.2) is 64.5 Å². The molecule has 4 rings (SSSR count). The largest absolute Gasteiger partial charge is 0.573 e. The number of anilines is 1. The summed E-state index contributed by atoms with van der Waals surface area (Å²) in [6, 6.07) is 11.1. The molecule has 0 N–H and O–H groups in total. The van der Waals surface area contributed by atoms with Crippen molar-refractivity contribution in [1.29, 1.82) is 0 Å². The number of hydrogen-bond donors (Lipinski definition) is 0. The van der Waals surface area contributed by atoms with Crippen LogP contribution < -0.4 is 9.64 Å². The topological polar surface area (TPSA) is 85.8 Å². The molecule has 2 heterocycles. The van der Waals surface area contributed by atoms with E-state index in [1.54, 1.807) is 12.1 Å². The van der Waals surface area contributed by atoms with Gasteiger partial charge in [-0.05, 0) is 63.9 Å². The van der Waals surface area contributed by atoms with Gasteiger partial charge in [-0.25, -0.2) is 8.42 Å². The van der Waals surface area contributed by atoms with E-state index in [1.807, 2.05) is 26.8 Å². The Labute approximate surface area is 213 Å². The van der Waals surface area contributed by atoms with E-state index in [0.29, 0.717) is 36.8 Å². The summed E-state index contributed by atoms with van der Waals surface area (Å²) >= 11 is 0. The highest BCUT2D eigenvalue weighted by atomic mass is 32.2. The average Bonchev–Trinajstić information content (AvgIpc) is 2.81. The molecule has 0 unspecified atom stereocenters. The molecule has 0 saturated carbocycles. The monoisotopic (exact) mass is 536 g/mol. The summed E-state index contributed by atoms with van der Waals surface area (Å²) in [6.07, 6.45) is -2.50. The first-order valence-corrected chi connectivity index (χ1v) is 13.2. The van der Waals surface area contributed by atoms with Crippen LogP contribution in [0.2, 0.25) is 0 Å². The molecular weight excluding hydrogens is 509 g/mol. The molecule has 7 nitrogen and oxygen atoms in total. The lowest BCUT2D eigenvalue weighted by Gasteiger charge is -2.34. The lowest BCUT2D eigenvalue weighted by Crippen LogP contribution is -2.39. The number of rotatable bonds is 5. The number of esters is 1. The standard InChI is InChI=1S/C26H27F3N2O5S/c1-25(2,3)36-24(32)17-10-12-31(13-11-17)22-9-4-6-18-14-21(16-30-23(18)22)37(33,34)20-8-5-7-19(15-20)35-26(27,28)29/h4-9,14-17H,10-13H2,1-3H3. The molecular formula is C26H27F3N2O5S. The molecule has 0 spiro atoms. The van der Waals surface area contributed by atoms with E-state index in [9.17, 15) is 26.4 Å². The SMILES string of the molecule is CC(C)(C)OC(=O)C1CCN(c2cccc3cc(S(=O)(=O)c4cccc(OC(F)(F)F)c4)cnc23)CC1. The molecule has 0 amide bonds. The van der Waals surface area contributed by atoms with Crippen molar-refractivity contribution in [2.75, 3.05) is 18.0 Å². The maximum atomic E-state index is 13.1. The number of fused-ring (bicyclic) bond motifs is 1. The highest BCUT2D eigenvalue weighted by molar-refractivity contribution is 7.91. The number of aromatic nitrogens is 1. The minimum atomic E-state index is -4.94. The molecule has 0 radical (unpaired) electrons. The van der Waals surface area contributed by atoms with Crippen molar-refractivity contribution in [3.8, 4) is 5.75 Å². The fraction of sp³-hybridized carbons (Fsp3) is 0.385. The van der Waals surface area contributed by atoms with Gasteiger partial charge in [-0.15, -0.1) is 13.2 Å². The van der Waals surface area contributed by atoms with E-state index in [1.165, 1.54) is 24.4 Å². The van der Waals surface area contributed by atoms with Gasteiger partial charge in [0.05, 0.1) is 26.9 Å². The number of alkyl halides is 3. The lowest BCUT2D eigenvalue weighted by atomic mass is 9.96. The van der Waals surface area contributed by atoms with Gasteiger partial charge in [0, 0.05) is 24.7 Å². The molecule has 2 aromatic carbocycles. The number of nitrogens with zero attached hydrogens (tertiary/aromatic N) is 2. The smallest absolute Gasteiger partial charge is 0.460 e. The first-order chi connectivity index (χ1) is 17.2. The molecule has 11 heteroatoms. The van der Waals surface area contributed by atoms with Gasteiger partial charge in [-0.3, -0.25) is 9.78 Å². The second-order valence-corrected chi connectivity index (χ2v) is 11.8. The molecule has 3 aromatic rings. The molecule has 1 aliphatic rings. The van der Waals surface area contributed by atoms with Crippen molar-refractivity contribution in [1.82, 2.24) is 4.98 Å². The number of hydrogen-bond acceptors (Lipinski definition) is 7. The maximum absolute atomic E-state index is 13.1. The number of carbonyl (C=O) groups excluding carboxylic acids is 1. The Hall–Kier alpha value is -3.34. The van der Waals surface area contributed by atoms with Crippen molar-refractivity contribution in [3.63, 3.8) is 0 Å². The Balaban J connectivity index is 1.56. The summed E-state index contributed by atoms with van der Waals surface area (Å²) < 4.78 is 73.4. The summed E-state index contributed by atoms with van der Waals surface area (Å²) in [5.74, 6) is -1.02. The molecule has 1 aliphatic heterocycles. The number of halogens is 3. The third-order valence-corrected chi connectivity index (χ3v) is 7.62. The van der Waals surface area contributed by atoms with Crippen molar-refractivity contribution >= 4 is 32.4 Å². The van der Waals surface area contributed by atoms with Crippen LogP contribution in [0.1, 0.15) is 33.6 Å². The molecule has 1 fully saturated rings. The van der Waals surface area contributed by atoms with Gasteiger partial charge in [0.15, 0.2) is 0 Å². The number of ether oxygens (including phenoxy) is 2. The van der Waals surface area contributed by atoms with Crippen LogP contribution in [-0.4, -0.2) is 44.4 Å². The summed E-state index contributed by atoms with van der Waals surface area (Å²) in [7, 11) is -4.15. The van der Waals surface area contributed by atoms with Crippen LogP contribution >= 0.6 is 0 Å². The third-order valence-electron chi connectivity index (χ3n) is 5.90. The Bertz CT molecular complexity index is 1410. The normalized spacial score (nSPS) is 15.6. The zero-order valence-electron chi connectivity index (χ0n) is 20.6. The average molecular weight is 537 g/mol. The van der Waals surface area contributed by atoms with Crippen molar-refractivity contribution < 1.29 is 35.9 Å². The molecule has 198 valence electrons. The Morgan fingerprint density at radius 1 is 1.00 bits per heavy atom. The van der Waals surface area contributed by atoms with E-state index >= 15 is 0 Å². The molecule has 0 bridgehead atoms. The van der Waals surface area contributed by atoms with Gasteiger partial charge in [0.25, 0.3) is 0 Å². The molecule has 0 atom stereocenters. The second-order valence-electron chi connectivity index (χ2n) is 9.84. The van der Waals surface area contributed by atoms with Crippen LogP contribution in [0.4, 0.5) is 18.9 Å². The Kier molecular flexibility index (Phi) is 7.11. The lowest BCUT2D eigenvalue weighted by molar-refractivity contribution is -0.274. The van der Waals surface area contributed by atoms with Gasteiger partial charge in [0.1, 0.15) is 11.4 Å². The third kappa shape index (κ3) is 6.33. The minimum absolute atomic E-state index is 0.148. The molecule has 1 saturated heterocycles. The molecule has 1 aromatic heterocycles. The van der Waals surface area contributed by atoms with E-state index in [4.69, 9.17) is 4.74 Å². The van der Waals surface area contributed by atoms with Crippen LogP contribution in [-0.2, 0) is 19.4 Å². The predicted molar refractivity (Wildman–Crippen MR) is 131 cm³/mol. The number of piperidine rings is 1. The van der Waals surface area contributed by atoms with E-state index in [2.05, 4.69) is 14.6 Å². The summed E-state index contributed by atoms with van der Waals surface area (Å²) in [5, 5.41) is 0.565. The predicted octanol–water partition coefficient (Wildman–Crippen LogP) is 5.52. The van der Waals surface area contributed by atoms with E-state index in [0.717, 1.165) is 17.8 Å². The number of para-hydroxylation sites is 1. The molecule has 0 aliphatic carbocycles. The van der Waals surface area contributed by atoms with Crippen LogP contribution in [0.3, 0.4) is 0 Å². The van der Waals surface area contributed by atoms with Crippen LogP contribution in [0, 0.1) is 5.92 Å². The van der Waals surface area contributed by atoms with Gasteiger partial charge in [-0.2, -0.15) is 0 Å². The number of benzene rings is 2. The number of sulfone groups is 1. The second kappa shape index (κ2) is 9.85. The summed E-state index contributed by atoms with van der Waals surface area (Å²) in [6.45, 7) is 6.73. The highest BCUT2D eigenvalue weighted by Gasteiger charge is 2.32. The van der Waals surface area contributed by atoms with Gasteiger partial charge >= 0.3 is 12.3 Å².